The van der Waals surface area contributed by atoms with Gasteiger partial charge in [-0.25, -0.2) is 9.97 Å². The summed E-state index contributed by atoms with van der Waals surface area (Å²) in [6, 6.07) is 0. The summed E-state index contributed by atoms with van der Waals surface area (Å²) in [4.78, 5) is 7.25. The first-order chi connectivity index (χ1) is 15.7. The van der Waals surface area contributed by atoms with E-state index in [-0.39, 0.29) is 10.4 Å². The number of aromatic nitrogens is 2. The van der Waals surface area contributed by atoms with E-state index in [4.69, 9.17) is 28.5 Å². The lowest BCUT2D eigenvalue weighted by Crippen LogP contribution is -2.41. The average Bonchev–Trinajstić information content (AvgIpc) is 2.84. The largest absolute Gasteiger partial charge is 0.498 e. The van der Waals surface area contributed by atoms with E-state index >= 15 is 0 Å². The van der Waals surface area contributed by atoms with Gasteiger partial charge in [0, 0.05) is 47.3 Å². The number of hydrogen-bond acceptors (Lipinski definition) is 5. The SMILES string of the molecule is [2H]c1nc(N2C([2H])([2H])C([2H])([2H])C([2H])(C([2H])([2H])[2H])C([2H])([2H])C2([2H])[2H])nc([2H])c1B1OC(C)(C)C(C)(C)O1. The van der Waals surface area contributed by atoms with E-state index in [1.165, 1.54) is 0 Å². The van der Waals surface area contributed by atoms with Gasteiger partial charge in [-0.3, -0.25) is 0 Å². The molecule has 1 aromatic rings. The molecule has 5 nitrogen and oxygen atoms in total. The molecular formula is C16H26BN3O2. The van der Waals surface area contributed by atoms with Crippen LogP contribution in [0.5, 0.6) is 0 Å². The van der Waals surface area contributed by atoms with Crippen LogP contribution in [0.1, 0.15) is 66.5 Å². The molecule has 0 bridgehead atoms. The third-order valence-electron chi connectivity index (χ3n) is 3.83. The van der Waals surface area contributed by atoms with Crippen LogP contribution in [0, 0.1) is 5.89 Å². The van der Waals surface area contributed by atoms with Crippen LogP contribution in [-0.4, -0.2) is 41.3 Å². The molecule has 22 heavy (non-hydrogen) atoms. The molecule has 0 aliphatic carbocycles. The summed E-state index contributed by atoms with van der Waals surface area (Å²) in [6.07, 6.45) is -9.23. The lowest BCUT2D eigenvalue weighted by molar-refractivity contribution is 0.00578. The molecule has 0 N–H and O–H groups in total. The number of anilines is 1. The molecule has 3 rings (SSSR count). The Bertz CT molecular complexity index is 1010. The van der Waals surface area contributed by atoms with Crippen molar-refractivity contribution in [2.75, 3.05) is 17.9 Å². The van der Waals surface area contributed by atoms with E-state index < -0.39 is 75.1 Å². The zero-order valence-electron chi connectivity index (χ0n) is 26.7. The van der Waals surface area contributed by atoms with E-state index in [1.807, 2.05) is 0 Å². The average molecular weight is 317 g/mol. The maximum Gasteiger partial charge on any atom is 0.498 e. The van der Waals surface area contributed by atoms with E-state index in [2.05, 4.69) is 9.97 Å². The van der Waals surface area contributed by atoms with Crippen LogP contribution in [0.15, 0.2) is 12.3 Å². The molecule has 0 amide bonds. The number of nitrogens with zero attached hydrogens (tertiary/aromatic N) is 3. The first-order valence-corrected chi connectivity index (χ1v) is 6.73. The van der Waals surface area contributed by atoms with Gasteiger partial charge in [-0.05, 0) is 46.3 Å². The molecule has 0 unspecified atom stereocenters. The van der Waals surface area contributed by atoms with Crippen molar-refractivity contribution >= 4 is 18.5 Å². The monoisotopic (exact) mass is 317 g/mol. The molecule has 2 aliphatic rings. The summed E-state index contributed by atoms with van der Waals surface area (Å²) < 4.78 is 126. The minimum absolute atomic E-state index is 0.178. The Morgan fingerprint density at radius 3 is 2.32 bits per heavy atom. The number of rotatable bonds is 2. The summed E-state index contributed by atoms with van der Waals surface area (Å²) in [6.45, 7) is -4.37. The highest BCUT2D eigenvalue weighted by Crippen LogP contribution is 2.36. The van der Waals surface area contributed by atoms with Crippen LogP contribution in [0.25, 0.3) is 0 Å². The van der Waals surface area contributed by atoms with Crippen LogP contribution in [0.3, 0.4) is 0 Å². The predicted octanol–water partition coefficient (Wildman–Crippen LogP) is 2.01. The zero-order valence-corrected chi connectivity index (χ0v) is 12.7. The number of piperidine rings is 1. The summed E-state index contributed by atoms with van der Waals surface area (Å²) in [5.74, 6) is -4.99. The Hall–Kier alpha value is -1.14. The molecule has 0 atom stereocenters. The van der Waals surface area contributed by atoms with Crippen molar-refractivity contribution in [3.63, 3.8) is 0 Å². The molecule has 0 radical (unpaired) electrons. The van der Waals surface area contributed by atoms with Crippen molar-refractivity contribution in [2.45, 2.75) is 58.5 Å². The fourth-order valence-electron chi connectivity index (χ4n) is 1.82. The molecule has 2 saturated heterocycles. The van der Waals surface area contributed by atoms with Crippen molar-refractivity contribution in [3.8, 4) is 0 Å². The maximum absolute atomic E-state index is 8.35. The second-order valence-corrected chi connectivity index (χ2v) is 5.93. The molecule has 1 aromatic heterocycles. The molecule has 120 valence electrons. The van der Waals surface area contributed by atoms with Gasteiger partial charge in [0.05, 0.1) is 13.9 Å². The highest BCUT2D eigenvalue weighted by Gasteiger charge is 2.51. The van der Waals surface area contributed by atoms with Crippen molar-refractivity contribution in [1.29, 1.82) is 0 Å². The summed E-state index contributed by atoms with van der Waals surface area (Å²) in [5, 5.41) is 0. The zero-order chi connectivity index (χ0) is 28.3. The molecular weight excluding hydrogens is 277 g/mol. The van der Waals surface area contributed by atoms with E-state index in [0.29, 0.717) is 0 Å². The standard InChI is InChI=1S/C16H26BN3O2/c1-12-6-8-20(9-7-12)14-18-10-13(11-19-14)17-21-15(2,3)16(4,5)22-17/h10-12H,6-9H2,1-5H3/i1D3,6D2,7D2,8D2,9D2,10D,11D,12D. The van der Waals surface area contributed by atoms with Crippen molar-refractivity contribution in [2.24, 2.45) is 5.89 Å². The second kappa shape index (κ2) is 5.50. The molecule has 0 spiro atoms. The van der Waals surface area contributed by atoms with Gasteiger partial charge in [0.25, 0.3) is 0 Å². The summed E-state index contributed by atoms with van der Waals surface area (Å²) >= 11 is 0. The second-order valence-electron chi connectivity index (χ2n) is 5.93. The third-order valence-corrected chi connectivity index (χ3v) is 3.83. The first-order valence-electron chi connectivity index (χ1n) is 13.7. The van der Waals surface area contributed by atoms with Crippen LogP contribution in [0.4, 0.5) is 5.95 Å². The Morgan fingerprint density at radius 1 is 1.27 bits per heavy atom. The van der Waals surface area contributed by atoms with E-state index in [9.17, 15) is 0 Å². The normalized spacial score (nSPS) is 45.3. The van der Waals surface area contributed by atoms with Gasteiger partial charge in [0.2, 0.25) is 5.95 Å². The minimum Gasteiger partial charge on any atom is -0.399 e. The van der Waals surface area contributed by atoms with Crippen molar-refractivity contribution in [1.82, 2.24) is 9.97 Å². The molecule has 6 heteroatoms. The molecule has 2 aliphatic heterocycles. The van der Waals surface area contributed by atoms with Crippen LogP contribution < -0.4 is 10.4 Å². The minimum atomic E-state index is -3.91. The first kappa shape index (κ1) is 6.06. The van der Waals surface area contributed by atoms with Crippen LogP contribution in [-0.2, 0) is 9.31 Å². The third kappa shape index (κ3) is 2.86. The van der Waals surface area contributed by atoms with Gasteiger partial charge in [0.1, 0.15) is 0 Å². The quantitative estimate of drug-likeness (QED) is 0.781. The van der Waals surface area contributed by atoms with Crippen LogP contribution in [0.2, 0.25) is 0 Å². The Labute approximate surface area is 153 Å². The summed E-state index contributed by atoms with van der Waals surface area (Å²) in [5.41, 5.74) is -2.01. The fourth-order valence-corrected chi connectivity index (χ4v) is 1.82. The fraction of sp³-hybridized carbons (Fsp3) is 0.750. The molecule has 0 saturated carbocycles. The molecule has 0 aromatic carbocycles. The highest BCUT2D eigenvalue weighted by molar-refractivity contribution is 6.61. The van der Waals surface area contributed by atoms with Crippen molar-refractivity contribution in [3.05, 3.63) is 12.3 Å². The molecule has 2 fully saturated rings. The maximum atomic E-state index is 8.35. The van der Waals surface area contributed by atoms with Gasteiger partial charge in [-0.1, -0.05) is 6.85 Å². The van der Waals surface area contributed by atoms with Crippen molar-refractivity contribution < 1.29 is 28.5 Å². The lowest BCUT2D eigenvalue weighted by Gasteiger charge is -2.32. The highest BCUT2D eigenvalue weighted by atomic mass is 16.7. The van der Waals surface area contributed by atoms with Gasteiger partial charge in [-0.15, -0.1) is 0 Å². The predicted molar refractivity (Wildman–Crippen MR) is 88.4 cm³/mol. The Kier molecular flexibility index (Phi) is 1.51. The van der Waals surface area contributed by atoms with Gasteiger partial charge in [0.15, 0.2) is 0 Å². The number of hydrogen-bond donors (Lipinski definition) is 0. The van der Waals surface area contributed by atoms with Crippen LogP contribution >= 0.6 is 0 Å². The lowest BCUT2D eigenvalue weighted by atomic mass is 9.81. The van der Waals surface area contributed by atoms with Gasteiger partial charge < -0.3 is 14.2 Å². The van der Waals surface area contributed by atoms with E-state index in [0.717, 1.165) is 0 Å². The Balaban J connectivity index is 2.22. The van der Waals surface area contributed by atoms with Gasteiger partial charge >= 0.3 is 7.12 Å². The molecule has 3 heterocycles. The Morgan fingerprint density at radius 2 is 1.82 bits per heavy atom. The smallest absolute Gasteiger partial charge is 0.399 e. The summed E-state index contributed by atoms with van der Waals surface area (Å²) in [7, 11) is -1.28. The topological polar surface area (TPSA) is 47.5 Å². The van der Waals surface area contributed by atoms with E-state index in [1.54, 1.807) is 27.7 Å². The van der Waals surface area contributed by atoms with Gasteiger partial charge in [-0.2, -0.15) is 0 Å².